The number of piperidine rings is 1. The van der Waals surface area contributed by atoms with Crippen molar-refractivity contribution in [3.63, 3.8) is 0 Å². The van der Waals surface area contributed by atoms with Gasteiger partial charge in [-0.15, -0.1) is 0 Å². The van der Waals surface area contributed by atoms with E-state index in [0.29, 0.717) is 17.6 Å². The number of carbonyl (C=O) groups is 1. The predicted molar refractivity (Wildman–Crippen MR) is 71.8 cm³/mol. The summed E-state index contributed by atoms with van der Waals surface area (Å²) >= 11 is 3.09. The molecule has 1 saturated heterocycles. The quantitative estimate of drug-likeness (QED) is 0.865. The lowest BCUT2D eigenvalue weighted by atomic mass is 9.94. The number of halogens is 2. The van der Waals surface area contributed by atoms with Gasteiger partial charge in [-0.25, -0.2) is 4.39 Å². The number of nitrogens with zero attached hydrogens (tertiary/aromatic N) is 1. The minimum Gasteiger partial charge on any atom is -0.338 e. The van der Waals surface area contributed by atoms with Gasteiger partial charge in [0.1, 0.15) is 5.82 Å². The standard InChI is InChI=1S/C13H16BrFN2O/c1-8-7-17(6-5-11(8)16)13(18)9-3-2-4-10(14)12(9)15/h2-4,8,11H,5-7,16H2,1H3. The van der Waals surface area contributed by atoms with E-state index in [9.17, 15) is 9.18 Å². The van der Waals surface area contributed by atoms with Crippen LogP contribution < -0.4 is 5.73 Å². The van der Waals surface area contributed by atoms with Crippen molar-refractivity contribution in [3.8, 4) is 0 Å². The molecule has 1 aromatic carbocycles. The summed E-state index contributed by atoms with van der Waals surface area (Å²) in [6, 6.07) is 4.89. The van der Waals surface area contributed by atoms with E-state index in [4.69, 9.17) is 5.73 Å². The average Bonchev–Trinajstić information content (AvgIpc) is 2.35. The summed E-state index contributed by atoms with van der Waals surface area (Å²) in [6.07, 6.45) is 0.766. The zero-order chi connectivity index (χ0) is 13.3. The summed E-state index contributed by atoms with van der Waals surface area (Å²) in [7, 11) is 0. The molecule has 98 valence electrons. The second-order valence-corrected chi connectivity index (χ2v) is 5.64. The monoisotopic (exact) mass is 314 g/mol. The van der Waals surface area contributed by atoms with Crippen LogP contribution >= 0.6 is 15.9 Å². The van der Waals surface area contributed by atoms with Gasteiger partial charge < -0.3 is 10.6 Å². The van der Waals surface area contributed by atoms with Crippen LogP contribution in [0.2, 0.25) is 0 Å². The van der Waals surface area contributed by atoms with Gasteiger partial charge in [-0.1, -0.05) is 13.0 Å². The Labute approximate surface area is 114 Å². The van der Waals surface area contributed by atoms with E-state index in [1.807, 2.05) is 6.92 Å². The number of hydrogen-bond donors (Lipinski definition) is 1. The van der Waals surface area contributed by atoms with Gasteiger partial charge >= 0.3 is 0 Å². The van der Waals surface area contributed by atoms with E-state index in [1.54, 1.807) is 17.0 Å². The van der Waals surface area contributed by atoms with Crippen LogP contribution in [0, 0.1) is 11.7 Å². The molecule has 2 atom stereocenters. The van der Waals surface area contributed by atoms with E-state index >= 15 is 0 Å². The maximum atomic E-state index is 13.9. The maximum absolute atomic E-state index is 13.9. The molecule has 0 radical (unpaired) electrons. The summed E-state index contributed by atoms with van der Waals surface area (Å²) in [5, 5.41) is 0. The van der Waals surface area contributed by atoms with Crippen LogP contribution in [0.25, 0.3) is 0 Å². The number of likely N-dealkylation sites (tertiary alicyclic amines) is 1. The maximum Gasteiger partial charge on any atom is 0.256 e. The SMILES string of the molecule is CC1CN(C(=O)c2cccc(Br)c2F)CCC1N. The molecule has 1 aliphatic rings. The van der Waals surface area contributed by atoms with E-state index in [2.05, 4.69) is 15.9 Å². The van der Waals surface area contributed by atoms with Gasteiger partial charge in [0.2, 0.25) is 0 Å². The second-order valence-electron chi connectivity index (χ2n) is 4.78. The Morgan fingerprint density at radius 2 is 2.28 bits per heavy atom. The minimum absolute atomic E-state index is 0.118. The zero-order valence-electron chi connectivity index (χ0n) is 10.2. The first kappa shape index (κ1) is 13.5. The molecule has 2 rings (SSSR count). The molecule has 1 amide bonds. The van der Waals surface area contributed by atoms with Crippen molar-refractivity contribution in [2.75, 3.05) is 13.1 Å². The van der Waals surface area contributed by atoms with Crippen molar-refractivity contribution in [2.45, 2.75) is 19.4 Å². The Bertz CT molecular complexity index is 466. The first-order chi connectivity index (χ1) is 8.50. The van der Waals surface area contributed by atoms with E-state index < -0.39 is 5.82 Å². The van der Waals surface area contributed by atoms with Gasteiger partial charge in [0.15, 0.2) is 0 Å². The molecule has 3 nitrogen and oxygen atoms in total. The first-order valence-electron chi connectivity index (χ1n) is 5.99. The molecule has 0 spiro atoms. The highest BCUT2D eigenvalue weighted by Gasteiger charge is 2.28. The number of nitrogens with two attached hydrogens (primary N) is 1. The molecule has 1 aliphatic heterocycles. The van der Waals surface area contributed by atoms with Crippen LogP contribution in [0.3, 0.4) is 0 Å². The van der Waals surface area contributed by atoms with Gasteiger partial charge in [-0.3, -0.25) is 4.79 Å². The molecule has 2 unspecified atom stereocenters. The van der Waals surface area contributed by atoms with Crippen LogP contribution in [0.4, 0.5) is 4.39 Å². The summed E-state index contributed by atoms with van der Waals surface area (Å²) in [6.45, 7) is 3.20. The zero-order valence-corrected chi connectivity index (χ0v) is 11.8. The Balaban J connectivity index is 2.19. The van der Waals surface area contributed by atoms with Gasteiger partial charge in [0, 0.05) is 19.1 Å². The third-order valence-corrected chi connectivity index (χ3v) is 4.05. The molecule has 1 aromatic rings. The van der Waals surface area contributed by atoms with Crippen molar-refractivity contribution >= 4 is 21.8 Å². The Morgan fingerprint density at radius 3 is 2.94 bits per heavy atom. The molecule has 1 fully saturated rings. The minimum atomic E-state index is -0.495. The number of rotatable bonds is 1. The molecule has 1 heterocycles. The normalized spacial score (nSPS) is 24.1. The van der Waals surface area contributed by atoms with Gasteiger partial charge in [-0.05, 0) is 40.4 Å². The summed E-state index contributed by atoms with van der Waals surface area (Å²) < 4.78 is 14.2. The summed E-state index contributed by atoms with van der Waals surface area (Å²) in [5.41, 5.74) is 6.03. The highest BCUT2D eigenvalue weighted by molar-refractivity contribution is 9.10. The van der Waals surface area contributed by atoms with Crippen molar-refractivity contribution in [2.24, 2.45) is 11.7 Å². The van der Waals surface area contributed by atoms with E-state index in [0.717, 1.165) is 6.42 Å². The Kier molecular flexibility index (Phi) is 4.02. The third-order valence-electron chi connectivity index (χ3n) is 3.44. The van der Waals surface area contributed by atoms with Crippen LogP contribution in [-0.2, 0) is 0 Å². The lowest BCUT2D eigenvalue weighted by molar-refractivity contribution is 0.0659. The van der Waals surface area contributed by atoms with Crippen LogP contribution in [-0.4, -0.2) is 29.9 Å². The van der Waals surface area contributed by atoms with Gasteiger partial charge in [0.25, 0.3) is 5.91 Å². The lowest BCUT2D eigenvalue weighted by Crippen LogP contribution is -2.48. The molecular weight excluding hydrogens is 299 g/mol. The van der Waals surface area contributed by atoms with Gasteiger partial charge in [-0.2, -0.15) is 0 Å². The number of hydrogen-bond acceptors (Lipinski definition) is 2. The molecule has 0 aromatic heterocycles. The first-order valence-corrected chi connectivity index (χ1v) is 6.79. The van der Waals surface area contributed by atoms with Crippen LogP contribution in [0.15, 0.2) is 22.7 Å². The molecule has 0 aliphatic carbocycles. The number of benzene rings is 1. The molecule has 2 N–H and O–H groups in total. The molecule has 0 bridgehead atoms. The second kappa shape index (κ2) is 5.36. The van der Waals surface area contributed by atoms with Crippen LogP contribution in [0.5, 0.6) is 0 Å². The summed E-state index contributed by atoms with van der Waals surface area (Å²) in [4.78, 5) is 13.9. The molecule has 0 saturated carbocycles. The van der Waals surface area contributed by atoms with Crippen LogP contribution in [0.1, 0.15) is 23.7 Å². The van der Waals surface area contributed by atoms with Crippen molar-refractivity contribution in [1.82, 2.24) is 4.90 Å². The van der Waals surface area contributed by atoms with Crippen molar-refractivity contribution in [1.29, 1.82) is 0 Å². The third kappa shape index (κ3) is 2.57. The molecule has 18 heavy (non-hydrogen) atoms. The number of amides is 1. The lowest BCUT2D eigenvalue weighted by Gasteiger charge is -2.35. The summed E-state index contributed by atoms with van der Waals surface area (Å²) in [5.74, 6) is -0.504. The van der Waals surface area contributed by atoms with Gasteiger partial charge in [0.05, 0.1) is 10.0 Å². The highest BCUT2D eigenvalue weighted by Crippen LogP contribution is 2.22. The van der Waals surface area contributed by atoms with E-state index in [-0.39, 0.29) is 23.4 Å². The molecule has 5 heteroatoms. The topological polar surface area (TPSA) is 46.3 Å². The fourth-order valence-corrected chi connectivity index (χ4v) is 2.55. The highest BCUT2D eigenvalue weighted by atomic mass is 79.9. The number of carbonyl (C=O) groups excluding carboxylic acids is 1. The fourth-order valence-electron chi connectivity index (χ4n) is 2.19. The fraction of sp³-hybridized carbons (Fsp3) is 0.462. The van der Waals surface area contributed by atoms with E-state index in [1.165, 1.54) is 6.07 Å². The largest absolute Gasteiger partial charge is 0.338 e. The Hall–Kier alpha value is -0.940. The Morgan fingerprint density at radius 1 is 1.56 bits per heavy atom. The van der Waals surface area contributed by atoms with Crippen molar-refractivity contribution < 1.29 is 9.18 Å². The predicted octanol–water partition coefficient (Wildman–Crippen LogP) is 2.40. The average molecular weight is 315 g/mol. The van der Waals surface area contributed by atoms with Crippen molar-refractivity contribution in [3.05, 3.63) is 34.1 Å². The molecular formula is C13H16BrFN2O. The smallest absolute Gasteiger partial charge is 0.256 e.